The quantitative estimate of drug-likeness (QED) is 0.343. The Morgan fingerprint density at radius 2 is 1.53 bits per heavy atom. The molecule has 0 bridgehead atoms. The molecule has 0 atom stereocenters. The highest BCUT2D eigenvalue weighted by molar-refractivity contribution is 5.68. The first-order valence-corrected chi connectivity index (χ1v) is 9.66. The molecule has 0 aliphatic carbocycles. The van der Waals surface area contributed by atoms with Gasteiger partial charge in [-0.2, -0.15) is 5.10 Å². The van der Waals surface area contributed by atoms with Gasteiger partial charge in [-0.15, -0.1) is 0 Å². The summed E-state index contributed by atoms with van der Waals surface area (Å²) in [6.45, 7) is -0.177. The summed E-state index contributed by atoms with van der Waals surface area (Å²) >= 11 is 0. The summed E-state index contributed by atoms with van der Waals surface area (Å²) in [5, 5.41) is 4.42. The van der Waals surface area contributed by atoms with Gasteiger partial charge in [-0.1, -0.05) is 24.3 Å². The second-order valence-corrected chi connectivity index (χ2v) is 6.98. The first-order valence-electron chi connectivity index (χ1n) is 9.66. The topological polar surface area (TPSA) is 36.3 Å². The van der Waals surface area contributed by atoms with Gasteiger partial charge in [0.15, 0.2) is 23.3 Å². The van der Waals surface area contributed by atoms with Crippen LogP contribution in [0.3, 0.4) is 0 Å². The van der Waals surface area contributed by atoms with Gasteiger partial charge in [0.2, 0.25) is 0 Å². The first kappa shape index (κ1) is 21.4. The Balaban J connectivity index is 1.61. The van der Waals surface area contributed by atoms with E-state index in [1.54, 1.807) is 30.5 Å². The average molecular weight is 442 g/mol. The summed E-state index contributed by atoms with van der Waals surface area (Å²) in [5.74, 6) is -2.93. The lowest BCUT2D eigenvalue weighted by Gasteiger charge is -2.13. The number of hydrogen-bond acceptors (Lipinski definition) is 3. The van der Waals surface area contributed by atoms with Crippen LogP contribution in [-0.2, 0) is 13.2 Å². The van der Waals surface area contributed by atoms with Gasteiger partial charge in [0.05, 0.1) is 19.3 Å². The largest absolute Gasteiger partial charge is 0.497 e. The minimum absolute atomic E-state index is 0.0322. The molecule has 0 spiro atoms. The standard InChI is InChI=1S/C24H18F4N2O2/c1-31-17-8-9-18(22(12-17)32-14-16-5-3-7-20(26)24(16)28)21-10-11-30(29-21)13-15-4-2-6-19(25)23(15)27/h2-12H,13-14H2,1H3. The molecule has 4 rings (SSSR count). The summed E-state index contributed by atoms with van der Waals surface area (Å²) in [4.78, 5) is 0. The summed E-state index contributed by atoms with van der Waals surface area (Å²) in [5.41, 5.74) is 1.29. The third-order valence-corrected chi connectivity index (χ3v) is 4.88. The van der Waals surface area contributed by atoms with Crippen LogP contribution >= 0.6 is 0 Å². The van der Waals surface area contributed by atoms with Crippen LogP contribution in [0.25, 0.3) is 11.3 Å². The van der Waals surface area contributed by atoms with Crippen molar-refractivity contribution in [2.45, 2.75) is 13.2 Å². The minimum Gasteiger partial charge on any atom is -0.497 e. The van der Waals surface area contributed by atoms with E-state index in [0.29, 0.717) is 22.8 Å². The number of ether oxygens (including phenoxy) is 2. The molecular weight excluding hydrogens is 424 g/mol. The fraction of sp³-hybridized carbons (Fsp3) is 0.125. The molecule has 0 fully saturated rings. The predicted molar refractivity (Wildman–Crippen MR) is 110 cm³/mol. The fourth-order valence-electron chi connectivity index (χ4n) is 3.21. The Hall–Kier alpha value is -3.81. The fourth-order valence-corrected chi connectivity index (χ4v) is 3.21. The number of halogens is 4. The van der Waals surface area contributed by atoms with Gasteiger partial charge in [0.25, 0.3) is 0 Å². The maximum absolute atomic E-state index is 14.0. The third kappa shape index (κ3) is 4.44. The molecule has 3 aromatic carbocycles. The van der Waals surface area contributed by atoms with Gasteiger partial charge >= 0.3 is 0 Å². The second-order valence-electron chi connectivity index (χ2n) is 6.98. The molecular formula is C24H18F4N2O2. The molecule has 0 saturated carbocycles. The van der Waals surface area contributed by atoms with Crippen molar-refractivity contribution < 1.29 is 27.0 Å². The van der Waals surface area contributed by atoms with E-state index in [9.17, 15) is 17.6 Å². The van der Waals surface area contributed by atoms with Gasteiger partial charge in [-0.3, -0.25) is 4.68 Å². The van der Waals surface area contributed by atoms with Crippen molar-refractivity contribution in [3.05, 3.63) is 101 Å². The number of benzene rings is 3. The van der Waals surface area contributed by atoms with Crippen molar-refractivity contribution in [2.24, 2.45) is 0 Å². The molecule has 0 saturated heterocycles. The van der Waals surface area contributed by atoms with E-state index >= 15 is 0 Å². The Labute approximate surface area is 181 Å². The Morgan fingerprint density at radius 1 is 0.844 bits per heavy atom. The number of methoxy groups -OCH3 is 1. The summed E-state index contributed by atoms with van der Waals surface area (Å²) in [6, 6.07) is 14.5. The molecule has 0 unspecified atom stereocenters. The van der Waals surface area contributed by atoms with Crippen LogP contribution < -0.4 is 9.47 Å². The highest BCUT2D eigenvalue weighted by atomic mass is 19.2. The third-order valence-electron chi connectivity index (χ3n) is 4.88. The van der Waals surface area contributed by atoms with Crippen LogP contribution in [0.5, 0.6) is 11.5 Å². The van der Waals surface area contributed by atoms with E-state index in [2.05, 4.69) is 5.10 Å². The van der Waals surface area contributed by atoms with Crippen molar-refractivity contribution in [3.63, 3.8) is 0 Å². The molecule has 1 aromatic heterocycles. The second kappa shape index (κ2) is 9.13. The zero-order valence-corrected chi connectivity index (χ0v) is 17.0. The Bertz CT molecular complexity index is 1260. The van der Waals surface area contributed by atoms with Crippen LogP contribution in [0.2, 0.25) is 0 Å². The van der Waals surface area contributed by atoms with E-state index in [1.165, 1.54) is 36.1 Å². The molecule has 0 aliphatic rings. The number of nitrogens with zero attached hydrogens (tertiary/aromatic N) is 2. The zero-order chi connectivity index (χ0) is 22.7. The van der Waals surface area contributed by atoms with Crippen LogP contribution in [0.15, 0.2) is 66.9 Å². The molecule has 32 heavy (non-hydrogen) atoms. The minimum atomic E-state index is -0.974. The van der Waals surface area contributed by atoms with Crippen molar-refractivity contribution in [2.75, 3.05) is 7.11 Å². The lowest BCUT2D eigenvalue weighted by atomic mass is 10.1. The SMILES string of the molecule is COc1ccc(-c2ccn(Cc3cccc(F)c3F)n2)c(OCc2cccc(F)c2F)c1. The highest BCUT2D eigenvalue weighted by Crippen LogP contribution is 2.33. The number of hydrogen-bond donors (Lipinski definition) is 0. The van der Waals surface area contributed by atoms with E-state index in [0.717, 1.165) is 12.1 Å². The van der Waals surface area contributed by atoms with Crippen molar-refractivity contribution in [3.8, 4) is 22.8 Å². The maximum Gasteiger partial charge on any atom is 0.165 e. The van der Waals surface area contributed by atoms with Crippen LogP contribution in [-0.4, -0.2) is 16.9 Å². The molecule has 0 radical (unpaired) electrons. The monoisotopic (exact) mass is 442 g/mol. The maximum atomic E-state index is 14.0. The van der Waals surface area contributed by atoms with Gasteiger partial charge in [-0.05, 0) is 30.3 Å². The Kier molecular flexibility index (Phi) is 6.11. The summed E-state index contributed by atoms with van der Waals surface area (Å²) < 4.78 is 67.4. The lowest BCUT2D eigenvalue weighted by Crippen LogP contribution is -2.04. The molecule has 0 amide bonds. The smallest absolute Gasteiger partial charge is 0.165 e. The normalized spacial score (nSPS) is 10.9. The van der Waals surface area contributed by atoms with E-state index in [-0.39, 0.29) is 24.3 Å². The van der Waals surface area contributed by atoms with Crippen molar-refractivity contribution in [1.29, 1.82) is 0 Å². The average Bonchev–Trinajstić information content (AvgIpc) is 3.26. The number of aromatic nitrogens is 2. The predicted octanol–water partition coefficient (Wildman–Crippen LogP) is 5.74. The molecule has 8 heteroatoms. The van der Waals surface area contributed by atoms with E-state index < -0.39 is 23.3 Å². The molecule has 4 aromatic rings. The summed E-state index contributed by atoms with van der Waals surface area (Å²) in [7, 11) is 1.49. The van der Waals surface area contributed by atoms with Gasteiger partial charge in [0.1, 0.15) is 18.1 Å². The van der Waals surface area contributed by atoms with Gasteiger partial charge < -0.3 is 9.47 Å². The van der Waals surface area contributed by atoms with Crippen molar-refractivity contribution in [1.82, 2.24) is 9.78 Å². The Morgan fingerprint density at radius 3 is 2.25 bits per heavy atom. The molecule has 164 valence electrons. The summed E-state index contributed by atoms with van der Waals surface area (Å²) in [6.07, 6.45) is 1.62. The highest BCUT2D eigenvalue weighted by Gasteiger charge is 2.15. The van der Waals surface area contributed by atoms with Crippen molar-refractivity contribution >= 4 is 0 Å². The van der Waals surface area contributed by atoms with Crippen LogP contribution in [0.4, 0.5) is 17.6 Å². The van der Waals surface area contributed by atoms with E-state index in [1.807, 2.05) is 0 Å². The van der Waals surface area contributed by atoms with Crippen LogP contribution in [0, 0.1) is 23.3 Å². The zero-order valence-electron chi connectivity index (χ0n) is 17.0. The van der Waals surface area contributed by atoms with Gasteiger partial charge in [0, 0.05) is 29.0 Å². The van der Waals surface area contributed by atoms with E-state index in [4.69, 9.17) is 9.47 Å². The molecule has 0 aliphatic heterocycles. The number of rotatable bonds is 7. The molecule has 0 N–H and O–H groups in total. The van der Waals surface area contributed by atoms with Crippen LogP contribution in [0.1, 0.15) is 11.1 Å². The lowest BCUT2D eigenvalue weighted by molar-refractivity contribution is 0.296. The first-order chi connectivity index (χ1) is 15.5. The molecule has 4 nitrogen and oxygen atoms in total. The van der Waals surface area contributed by atoms with Gasteiger partial charge in [-0.25, -0.2) is 17.6 Å². The molecule has 1 heterocycles.